The van der Waals surface area contributed by atoms with Crippen LogP contribution in [0.1, 0.15) is 82.3 Å². The van der Waals surface area contributed by atoms with Crippen molar-refractivity contribution in [1.29, 1.82) is 5.26 Å². The molecular weight excluding hydrogens is 586 g/mol. The minimum atomic E-state index is -4.38. The standard InChI is InChI=1S/C24H27F4N3.C6H10N2.C2H6.2CH2O/c1-6-8-18(20(12-29)19-11-21(25)17(7-2)9-14(19)3)22-10-15(4)23(13-30-22)31-16(5)24(26,27)28;1-6-7-4-3-5-8(6)2;3*1-2/h9-11,13,16,31H,6-8H2,1-5H3;3-6H,1-2H3;1-2H3;2*1H2/b20-18+;;;;. The zero-order valence-corrected chi connectivity index (χ0v) is 27.8. The highest BCUT2D eigenvalue weighted by molar-refractivity contribution is 5.97. The lowest BCUT2D eigenvalue weighted by Gasteiger charge is -2.20. The summed E-state index contributed by atoms with van der Waals surface area (Å²) >= 11 is 0. The second-order valence-corrected chi connectivity index (χ2v) is 9.56. The first-order valence-corrected chi connectivity index (χ1v) is 14.6. The average Bonchev–Trinajstić information content (AvgIpc) is 3.03. The fourth-order valence-electron chi connectivity index (χ4n) is 3.97. The Balaban J connectivity index is 0. The maximum atomic E-state index is 14.5. The number of aromatic nitrogens is 1. The topological polar surface area (TPSA) is 98.5 Å². The molecule has 1 N–H and O–H groups in total. The molecule has 0 fully saturated rings. The highest BCUT2D eigenvalue weighted by atomic mass is 19.4. The molecule has 2 unspecified atom stereocenters. The van der Waals surface area contributed by atoms with Gasteiger partial charge in [0.1, 0.15) is 37.7 Å². The third-order valence-electron chi connectivity index (χ3n) is 6.54. The second kappa shape index (κ2) is 22.2. The van der Waals surface area contributed by atoms with Crippen LogP contribution in [0.3, 0.4) is 0 Å². The van der Waals surface area contributed by atoms with E-state index in [4.69, 9.17) is 9.59 Å². The molecule has 45 heavy (non-hydrogen) atoms. The van der Waals surface area contributed by atoms with E-state index in [0.717, 1.165) is 18.9 Å². The maximum absolute atomic E-state index is 14.5. The number of carbonyl (C=O) groups is 2. The molecule has 7 nitrogen and oxygen atoms in total. The van der Waals surface area contributed by atoms with E-state index in [-0.39, 0.29) is 11.5 Å². The molecule has 248 valence electrons. The van der Waals surface area contributed by atoms with Gasteiger partial charge in [0.2, 0.25) is 0 Å². The first-order chi connectivity index (χ1) is 21.3. The number of nitrogens with zero attached hydrogens (tertiary/aromatic N) is 4. The van der Waals surface area contributed by atoms with Crippen LogP contribution in [0.15, 0.2) is 41.7 Å². The number of rotatable bonds is 7. The van der Waals surface area contributed by atoms with Gasteiger partial charge in [-0.1, -0.05) is 40.2 Å². The van der Waals surface area contributed by atoms with Gasteiger partial charge in [-0.05, 0) is 86.6 Å². The van der Waals surface area contributed by atoms with E-state index in [1.165, 1.54) is 12.3 Å². The van der Waals surface area contributed by atoms with E-state index in [0.29, 0.717) is 52.5 Å². The Morgan fingerprint density at radius 3 is 2.13 bits per heavy atom. The fraction of sp³-hybridized carbons (Fsp3) is 0.441. The number of carbonyl (C=O) groups excluding carboxylic acids is 2. The largest absolute Gasteiger partial charge is 0.408 e. The quantitative estimate of drug-likeness (QED) is 0.242. The number of alkyl halides is 3. The van der Waals surface area contributed by atoms with Gasteiger partial charge in [-0.2, -0.15) is 18.4 Å². The Labute approximate surface area is 265 Å². The number of hydrogen-bond acceptors (Lipinski definition) is 7. The van der Waals surface area contributed by atoms with Crippen LogP contribution in [0.2, 0.25) is 0 Å². The van der Waals surface area contributed by atoms with Gasteiger partial charge in [0, 0.05) is 19.5 Å². The summed E-state index contributed by atoms with van der Waals surface area (Å²) in [6, 6.07) is 5.28. The predicted octanol–water partition coefficient (Wildman–Crippen LogP) is 8.52. The van der Waals surface area contributed by atoms with Gasteiger partial charge in [-0.25, -0.2) is 4.39 Å². The van der Waals surface area contributed by atoms with Crippen molar-refractivity contribution in [3.63, 3.8) is 0 Å². The van der Waals surface area contributed by atoms with Crippen LogP contribution in [0.25, 0.3) is 11.1 Å². The molecule has 2 atom stereocenters. The Morgan fingerprint density at radius 2 is 1.71 bits per heavy atom. The number of halogens is 4. The summed E-state index contributed by atoms with van der Waals surface area (Å²) in [7, 11) is 2.01. The third-order valence-corrected chi connectivity index (χ3v) is 6.54. The maximum Gasteiger partial charge on any atom is 0.408 e. The number of anilines is 1. The predicted molar refractivity (Wildman–Crippen MR) is 176 cm³/mol. The summed E-state index contributed by atoms with van der Waals surface area (Å²) in [4.78, 5) is 26.5. The second-order valence-electron chi connectivity index (χ2n) is 9.56. The molecule has 0 saturated carbocycles. The molecule has 1 aliphatic rings. The third kappa shape index (κ3) is 13.5. The van der Waals surface area contributed by atoms with Crippen LogP contribution in [0.4, 0.5) is 23.2 Å². The monoisotopic (exact) mass is 633 g/mol. The van der Waals surface area contributed by atoms with E-state index in [9.17, 15) is 22.8 Å². The van der Waals surface area contributed by atoms with Crippen molar-refractivity contribution in [2.45, 2.75) is 93.0 Å². The summed E-state index contributed by atoms with van der Waals surface area (Å²) in [5.41, 5.74) is 4.21. The number of pyridine rings is 1. The van der Waals surface area contributed by atoms with E-state index in [1.54, 1.807) is 19.1 Å². The Bertz CT molecular complexity index is 1300. The number of nitrogens with one attached hydrogen (secondary N) is 1. The van der Waals surface area contributed by atoms with Crippen molar-refractivity contribution < 1.29 is 27.2 Å². The highest BCUT2D eigenvalue weighted by Gasteiger charge is 2.36. The number of aryl methyl sites for hydroxylation is 3. The van der Waals surface area contributed by atoms with Gasteiger partial charge in [0.25, 0.3) is 0 Å². The molecule has 1 aliphatic heterocycles. The molecule has 0 amide bonds. The normalized spacial score (nSPS) is 14.3. The molecule has 11 heteroatoms. The van der Waals surface area contributed by atoms with Crippen molar-refractivity contribution in [3.8, 4) is 6.07 Å². The molecule has 1 aromatic carbocycles. The molecule has 0 spiro atoms. The minimum Gasteiger partial charge on any atom is -0.373 e. The molecule has 0 aliphatic carbocycles. The fourth-order valence-corrected chi connectivity index (χ4v) is 3.97. The van der Waals surface area contributed by atoms with Crippen LogP contribution in [-0.4, -0.2) is 55.1 Å². The SMILES string of the molecule is C=O.C=O.CC.CC1N=CC=CN1C.CCC/C(=C(/C#N)c1cc(F)c(CC)cc1C)c1cc(C)c(NC(C)C(F)(F)F)cn1. The molecule has 3 rings (SSSR count). The van der Waals surface area contributed by atoms with Gasteiger partial charge in [-0.3, -0.25) is 9.98 Å². The van der Waals surface area contributed by atoms with E-state index >= 15 is 0 Å². The molecule has 1 aromatic heterocycles. The molecule has 0 radical (unpaired) electrons. The lowest BCUT2D eigenvalue weighted by molar-refractivity contribution is -0.138. The van der Waals surface area contributed by atoms with Gasteiger partial charge in [-0.15, -0.1) is 0 Å². The van der Waals surface area contributed by atoms with Crippen LogP contribution < -0.4 is 5.32 Å². The number of hydrogen-bond donors (Lipinski definition) is 1. The zero-order chi connectivity index (χ0) is 35.3. The van der Waals surface area contributed by atoms with E-state index < -0.39 is 12.2 Å². The Hall–Kier alpha value is -4.33. The number of nitriles is 1. The number of aliphatic imine (C=N–C) groups is 1. The minimum absolute atomic E-state index is 0.275. The van der Waals surface area contributed by atoms with Gasteiger partial charge >= 0.3 is 6.18 Å². The lowest BCUT2D eigenvalue weighted by Crippen LogP contribution is -2.33. The molecule has 0 bridgehead atoms. The summed E-state index contributed by atoms with van der Waals surface area (Å²) in [5, 5.41) is 12.4. The van der Waals surface area contributed by atoms with Crippen LogP contribution in [0, 0.1) is 31.0 Å². The summed E-state index contributed by atoms with van der Waals surface area (Å²) in [6.07, 6.45) is 4.86. The molecular formula is C34H47F4N5O2. The average molecular weight is 634 g/mol. The van der Waals surface area contributed by atoms with Gasteiger partial charge in [0.15, 0.2) is 0 Å². The van der Waals surface area contributed by atoms with Gasteiger partial charge in [0.05, 0.1) is 23.2 Å². The van der Waals surface area contributed by atoms with Crippen molar-refractivity contribution >= 4 is 36.6 Å². The number of benzene rings is 1. The Morgan fingerprint density at radius 1 is 1.11 bits per heavy atom. The zero-order valence-electron chi connectivity index (χ0n) is 27.8. The molecule has 2 aromatic rings. The van der Waals surface area contributed by atoms with Crippen molar-refractivity contribution in [3.05, 3.63) is 70.4 Å². The first-order valence-electron chi connectivity index (χ1n) is 14.6. The summed E-state index contributed by atoms with van der Waals surface area (Å²) in [6.45, 7) is 18.4. The lowest BCUT2D eigenvalue weighted by atomic mass is 9.91. The van der Waals surface area contributed by atoms with Crippen LogP contribution in [-0.2, 0) is 16.0 Å². The first kappa shape index (κ1) is 42.8. The smallest absolute Gasteiger partial charge is 0.373 e. The van der Waals surface area contributed by atoms with E-state index in [1.807, 2.05) is 73.7 Å². The Kier molecular flexibility index (Phi) is 21.1. The van der Waals surface area contributed by atoms with Crippen LogP contribution in [0.5, 0.6) is 0 Å². The summed E-state index contributed by atoms with van der Waals surface area (Å²) < 4.78 is 53.1. The van der Waals surface area contributed by atoms with Crippen molar-refractivity contribution in [1.82, 2.24) is 9.88 Å². The van der Waals surface area contributed by atoms with Crippen molar-refractivity contribution in [2.75, 3.05) is 12.4 Å². The highest BCUT2D eigenvalue weighted by Crippen LogP contribution is 2.33. The van der Waals surface area contributed by atoms with Crippen LogP contribution >= 0.6 is 0 Å². The molecule has 0 saturated heterocycles. The van der Waals surface area contributed by atoms with Gasteiger partial charge < -0.3 is 19.8 Å². The number of allylic oxidation sites excluding steroid dienone is 3. The summed E-state index contributed by atoms with van der Waals surface area (Å²) in [5.74, 6) is -0.364. The van der Waals surface area contributed by atoms with E-state index in [2.05, 4.69) is 33.2 Å². The van der Waals surface area contributed by atoms with Crippen molar-refractivity contribution in [2.24, 2.45) is 4.99 Å². The molecule has 2 heterocycles.